The predicted molar refractivity (Wildman–Crippen MR) is 121 cm³/mol. The highest BCUT2D eigenvalue weighted by Gasteiger charge is 2.44. The lowest BCUT2D eigenvalue weighted by Gasteiger charge is -2.36. The predicted octanol–water partition coefficient (Wildman–Crippen LogP) is 4.31. The van der Waals surface area contributed by atoms with E-state index >= 15 is 0 Å². The first kappa shape index (κ1) is 20.2. The molecule has 0 saturated heterocycles. The van der Waals surface area contributed by atoms with Gasteiger partial charge >= 0.3 is 5.97 Å². The lowest BCUT2D eigenvalue weighted by atomic mass is 9.79. The zero-order valence-electron chi connectivity index (χ0n) is 17.9. The molecule has 2 aromatic heterocycles. The Morgan fingerprint density at radius 2 is 1.88 bits per heavy atom. The van der Waals surface area contributed by atoms with Gasteiger partial charge in [0.2, 0.25) is 0 Å². The SMILES string of the molecule is O=C(OC1c2nccnc2CCC1C1c2ccccc2-c2cncn21)c1ccc([N+](=O)[O-])cc1. The average molecular weight is 453 g/mol. The van der Waals surface area contributed by atoms with Gasteiger partial charge in [-0.15, -0.1) is 0 Å². The van der Waals surface area contributed by atoms with E-state index in [9.17, 15) is 14.9 Å². The fraction of sp³-hybridized carbons (Fsp3) is 0.200. The molecule has 2 aromatic carbocycles. The summed E-state index contributed by atoms with van der Waals surface area (Å²) in [5, 5.41) is 11.0. The zero-order valence-corrected chi connectivity index (χ0v) is 17.9. The van der Waals surface area contributed by atoms with Crippen LogP contribution in [0.1, 0.15) is 45.9 Å². The van der Waals surface area contributed by atoms with Crippen molar-refractivity contribution in [3.8, 4) is 11.3 Å². The number of esters is 1. The molecule has 168 valence electrons. The van der Waals surface area contributed by atoms with Crippen LogP contribution in [0, 0.1) is 16.0 Å². The number of carbonyl (C=O) groups excluding carboxylic acids is 1. The molecule has 1 aliphatic carbocycles. The Morgan fingerprint density at radius 3 is 2.71 bits per heavy atom. The molecule has 0 saturated carbocycles. The van der Waals surface area contributed by atoms with Crippen molar-refractivity contribution >= 4 is 11.7 Å². The molecule has 9 nitrogen and oxygen atoms in total. The van der Waals surface area contributed by atoms with Gasteiger partial charge in [0.25, 0.3) is 5.69 Å². The van der Waals surface area contributed by atoms with Crippen molar-refractivity contribution in [1.29, 1.82) is 0 Å². The third-order valence-corrected chi connectivity index (χ3v) is 6.65. The van der Waals surface area contributed by atoms with E-state index in [1.807, 2.05) is 24.7 Å². The van der Waals surface area contributed by atoms with Gasteiger partial charge in [0.1, 0.15) is 5.69 Å². The summed E-state index contributed by atoms with van der Waals surface area (Å²) in [6.45, 7) is 0. The molecule has 0 fully saturated rings. The number of hydrogen-bond donors (Lipinski definition) is 0. The van der Waals surface area contributed by atoms with Crippen molar-refractivity contribution in [2.24, 2.45) is 5.92 Å². The van der Waals surface area contributed by atoms with Crippen molar-refractivity contribution in [1.82, 2.24) is 19.5 Å². The van der Waals surface area contributed by atoms with Crippen LogP contribution in [0.4, 0.5) is 5.69 Å². The zero-order chi connectivity index (χ0) is 23.2. The number of fused-ring (bicyclic) bond motifs is 4. The molecule has 9 heteroatoms. The maximum absolute atomic E-state index is 13.1. The molecule has 34 heavy (non-hydrogen) atoms. The van der Waals surface area contributed by atoms with E-state index in [1.165, 1.54) is 24.3 Å². The number of nitrogens with zero attached hydrogens (tertiary/aromatic N) is 5. The second kappa shape index (κ2) is 7.87. The minimum absolute atomic E-state index is 0.0708. The maximum atomic E-state index is 13.1. The van der Waals surface area contributed by atoms with E-state index in [4.69, 9.17) is 4.74 Å². The lowest BCUT2D eigenvalue weighted by Crippen LogP contribution is -2.32. The average Bonchev–Trinajstić information content (AvgIpc) is 3.46. The molecule has 3 atom stereocenters. The van der Waals surface area contributed by atoms with Crippen molar-refractivity contribution in [3.05, 3.63) is 106 Å². The molecule has 2 aliphatic rings. The van der Waals surface area contributed by atoms with E-state index < -0.39 is 17.0 Å². The molecule has 3 unspecified atom stereocenters. The number of nitro groups is 1. The molecule has 0 radical (unpaired) electrons. The fourth-order valence-corrected chi connectivity index (χ4v) is 5.14. The minimum atomic E-state index is -0.633. The van der Waals surface area contributed by atoms with E-state index in [0.29, 0.717) is 5.69 Å². The van der Waals surface area contributed by atoms with Crippen molar-refractivity contribution in [2.75, 3.05) is 0 Å². The van der Waals surface area contributed by atoms with Crippen molar-refractivity contribution < 1.29 is 14.5 Å². The normalized spacial score (nSPS) is 20.2. The molecule has 0 spiro atoms. The van der Waals surface area contributed by atoms with Crippen LogP contribution in [0.15, 0.2) is 73.4 Å². The number of nitro benzene ring substituents is 1. The van der Waals surface area contributed by atoms with Crippen LogP contribution in [0.3, 0.4) is 0 Å². The number of aromatic nitrogens is 4. The van der Waals surface area contributed by atoms with Gasteiger partial charge < -0.3 is 9.30 Å². The van der Waals surface area contributed by atoms with E-state index in [1.54, 1.807) is 12.4 Å². The molecular weight excluding hydrogens is 434 g/mol. The molecule has 3 heterocycles. The monoisotopic (exact) mass is 453 g/mol. The maximum Gasteiger partial charge on any atom is 0.338 e. The van der Waals surface area contributed by atoms with Gasteiger partial charge in [-0.25, -0.2) is 9.78 Å². The minimum Gasteiger partial charge on any atom is -0.452 e. The van der Waals surface area contributed by atoms with Crippen LogP contribution in [0.2, 0.25) is 0 Å². The van der Waals surface area contributed by atoms with Crippen molar-refractivity contribution in [2.45, 2.75) is 25.0 Å². The molecule has 0 amide bonds. The van der Waals surface area contributed by atoms with Gasteiger partial charge in [0.15, 0.2) is 6.10 Å². The van der Waals surface area contributed by atoms with Crippen LogP contribution in [0.5, 0.6) is 0 Å². The fourth-order valence-electron chi connectivity index (χ4n) is 5.14. The highest BCUT2D eigenvalue weighted by Crippen LogP contribution is 2.50. The number of aryl methyl sites for hydroxylation is 1. The summed E-state index contributed by atoms with van der Waals surface area (Å²) in [5.74, 6) is -0.650. The Morgan fingerprint density at radius 1 is 1.09 bits per heavy atom. The third kappa shape index (κ3) is 3.16. The van der Waals surface area contributed by atoms with Crippen molar-refractivity contribution in [3.63, 3.8) is 0 Å². The molecular formula is C25H19N5O4. The summed E-state index contributed by atoms with van der Waals surface area (Å²) in [6.07, 6.45) is 7.77. The summed E-state index contributed by atoms with van der Waals surface area (Å²) >= 11 is 0. The highest BCUT2D eigenvalue weighted by atomic mass is 16.6. The van der Waals surface area contributed by atoms with Gasteiger partial charge in [-0.2, -0.15) is 0 Å². The number of carbonyl (C=O) groups is 1. The van der Waals surface area contributed by atoms with Crippen LogP contribution in [0.25, 0.3) is 11.3 Å². The first-order valence-electron chi connectivity index (χ1n) is 11.0. The third-order valence-electron chi connectivity index (χ3n) is 6.65. The summed E-state index contributed by atoms with van der Waals surface area (Å²) in [4.78, 5) is 37.0. The van der Waals surface area contributed by atoms with Gasteiger partial charge in [-0.1, -0.05) is 24.3 Å². The summed E-state index contributed by atoms with van der Waals surface area (Å²) in [6, 6.07) is 13.6. The van der Waals surface area contributed by atoms with E-state index in [-0.39, 0.29) is 23.2 Å². The van der Waals surface area contributed by atoms with Crippen LogP contribution < -0.4 is 0 Å². The standard InChI is InChI=1S/C25H19N5O4/c31-25(15-5-7-16(8-6-15)30(32)33)34-24-19(9-10-20-22(24)28-12-11-27-20)23-18-4-2-1-3-17(18)21-13-26-14-29(21)23/h1-8,11-14,19,23-24H,9-10H2. The topological polar surface area (TPSA) is 113 Å². The summed E-state index contributed by atoms with van der Waals surface area (Å²) in [7, 11) is 0. The number of non-ortho nitro benzene ring substituents is 1. The smallest absolute Gasteiger partial charge is 0.338 e. The molecule has 6 rings (SSSR count). The molecule has 1 aliphatic heterocycles. The number of ether oxygens (including phenoxy) is 1. The first-order chi connectivity index (χ1) is 16.6. The molecule has 4 aromatic rings. The van der Waals surface area contributed by atoms with Gasteiger partial charge in [-0.3, -0.25) is 20.1 Å². The summed E-state index contributed by atoms with van der Waals surface area (Å²) < 4.78 is 8.23. The lowest BCUT2D eigenvalue weighted by molar-refractivity contribution is -0.384. The Labute approximate surface area is 194 Å². The van der Waals surface area contributed by atoms with Gasteiger partial charge in [0.05, 0.1) is 40.4 Å². The number of hydrogen-bond acceptors (Lipinski definition) is 7. The van der Waals surface area contributed by atoms with Crippen LogP contribution >= 0.6 is 0 Å². The van der Waals surface area contributed by atoms with Gasteiger partial charge in [0, 0.05) is 36.0 Å². The highest BCUT2D eigenvalue weighted by molar-refractivity contribution is 5.89. The first-order valence-corrected chi connectivity index (χ1v) is 11.0. The van der Waals surface area contributed by atoms with E-state index in [0.717, 1.165) is 35.4 Å². The molecule has 0 N–H and O–H groups in total. The second-order valence-electron chi connectivity index (χ2n) is 8.44. The Bertz CT molecular complexity index is 1410. The Balaban J connectivity index is 1.40. The van der Waals surface area contributed by atoms with E-state index in [2.05, 4.69) is 31.7 Å². The number of rotatable bonds is 4. The Hall–Kier alpha value is -4.40. The second-order valence-corrected chi connectivity index (χ2v) is 8.44. The van der Waals surface area contributed by atoms with Gasteiger partial charge in [-0.05, 0) is 30.5 Å². The largest absolute Gasteiger partial charge is 0.452 e. The summed E-state index contributed by atoms with van der Waals surface area (Å²) in [5.41, 5.74) is 4.95. The quantitative estimate of drug-likeness (QED) is 0.257. The molecule has 0 bridgehead atoms. The number of benzene rings is 2. The number of imidazole rings is 1. The Kier molecular flexibility index (Phi) is 4.68. The van der Waals surface area contributed by atoms with Crippen LogP contribution in [-0.4, -0.2) is 30.4 Å². The van der Waals surface area contributed by atoms with Crippen LogP contribution in [-0.2, 0) is 11.2 Å².